The van der Waals surface area contributed by atoms with E-state index in [1.165, 1.54) is 25.7 Å². The van der Waals surface area contributed by atoms with Gasteiger partial charge in [-0.1, -0.05) is 72.4 Å². The van der Waals surface area contributed by atoms with Gasteiger partial charge in [0.25, 0.3) is 0 Å². The van der Waals surface area contributed by atoms with Gasteiger partial charge in [-0.2, -0.15) is 5.26 Å². The van der Waals surface area contributed by atoms with E-state index in [1.54, 1.807) is 18.2 Å². The van der Waals surface area contributed by atoms with E-state index in [1.807, 2.05) is 24.3 Å². The lowest BCUT2D eigenvalue weighted by Crippen LogP contribution is -2.56. The molecule has 0 radical (unpaired) electrons. The standard InChI is InChI=1S/C32H35Cl2N5O/c1-22-21-38(30-7-2-3-8-30)13-14-39(22)31(20-36-32(40)37-29-17-27(33)16-28(34)18-29)25-11-9-24(10-12-25)26-6-4-5-23(15-26)19-35/h4-6,9-12,15-18,22,30-31H,2-3,7-8,13-14,20-21H2,1H3,(H2,36,37,40)/t22-,31-/m1/s1. The second-order valence-electron chi connectivity index (χ2n) is 10.8. The van der Waals surface area contributed by atoms with Crippen LogP contribution in [-0.2, 0) is 0 Å². The number of halogens is 2. The molecule has 2 N–H and O–H groups in total. The topological polar surface area (TPSA) is 71.4 Å². The number of anilines is 1. The summed E-state index contributed by atoms with van der Waals surface area (Å²) in [6, 6.07) is 24.1. The van der Waals surface area contributed by atoms with Crippen LogP contribution in [0.2, 0.25) is 10.0 Å². The van der Waals surface area contributed by atoms with Gasteiger partial charge < -0.3 is 10.6 Å². The number of nitrogens with zero attached hydrogens (tertiary/aromatic N) is 3. The van der Waals surface area contributed by atoms with Crippen molar-refractivity contribution in [1.82, 2.24) is 15.1 Å². The molecular weight excluding hydrogens is 541 g/mol. The first-order valence-corrected chi connectivity index (χ1v) is 14.8. The molecule has 2 aliphatic rings. The zero-order valence-electron chi connectivity index (χ0n) is 22.7. The second kappa shape index (κ2) is 13.1. The zero-order valence-corrected chi connectivity index (χ0v) is 24.3. The summed E-state index contributed by atoms with van der Waals surface area (Å²) in [4.78, 5) is 18.1. The van der Waals surface area contributed by atoms with Crippen LogP contribution in [0.3, 0.4) is 0 Å². The monoisotopic (exact) mass is 575 g/mol. The Balaban J connectivity index is 1.33. The van der Waals surface area contributed by atoms with E-state index in [2.05, 4.69) is 57.7 Å². The fourth-order valence-corrected chi connectivity index (χ4v) is 6.67. The van der Waals surface area contributed by atoms with E-state index in [-0.39, 0.29) is 12.1 Å². The first-order valence-electron chi connectivity index (χ1n) is 14.0. The van der Waals surface area contributed by atoms with Crippen LogP contribution in [0.1, 0.15) is 49.8 Å². The minimum Gasteiger partial charge on any atom is -0.336 e. The predicted molar refractivity (Wildman–Crippen MR) is 163 cm³/mol. The van der Waals surface area contributed by atoms with Gasteiger partial charge in [0.15, 0.2) is 0 Å². The molecule has 5 rings (SSSR count). The largest absolute Gasteiger partial charge is 0.336 e. The molecule has 8 heteroatoms. The lowest BCUT2D eigenvalue weighted by Gasteiger charge is -2.46. The quantitative estimate of drug-likeness (QED) is 0.309. The minimum atomic E-state index is -0.300. The minimum absolute atomic E-state index is 0.00826. The third-order valence-corrected chi connectivity index (χ3v) is 8.59. The van der Waals surface area contributed by atoms with Crippen molar-refractivity contribution in [2.75, 3.05) is 31.5 Å². The third kappa shape index (κ3) is 6.97. The van der Waals surface area contributed by atoms with Crippen LogP contribution in [0.25, 0.3) is 11.1 Å². The summed E-state index contributed by atoms with van der Waals surface area (Å²) < 4.78 is 0. The number of piperazine rings is 1. The Kier molecular flexibility index (Phi) is 9.29. The molecule has 1 aliphatic heterocycles. The summed E-state index contributed by atoms with van der Waals surface area (Å²) in [5.41, 5.74) is 4.41. The van der Waals surface area contributed by atoms with Gasteiger partial charge in [-0.25, -0.2) is 4.79 Å². The highest BCUT2D eigenvalue weighted by Gasteiger charge is 2.34. The highest BCUT2D eigenvalue weighted by molar-refractivity contribution is 6.35. The van der Waals surface area contributed by atoms with E-state index >= 15 is 0 Å². The van der Waals surface area contributed by atoms with Gasteiger partial charge in [0.2, 0.25) is 0 Å². The number of hydrogen-bond acceptors (Lipinski definition) is 4. The number of benzene rings is 3. The molecule has 40 heavy (non-hydrogen) atoms. The maximum absolute atomic E-state index is 12.9. The number of amides is 2. The van der Waals surface area contributed by atoms with E-state index in [4.69, 9.17) is 23.2 Å². The Morgan fingerprint density at radius 2 is 1.73 bits per heavy atom. The number of carbonyl (C=O) groups excluding carboxylic acids is 1. The second-order valence-corrected chi connectivity index (χ2v) is 11.7. The number of urea groups is 1. The van der Waals surface area contributed by atoms with Crippen LogP contribution in [-0.4, -0.2) is 54.1 Å². The van der Waals surface area contributed by atoms with Crippen molar-refractivity contribution in [3.8, 4) is 17.2 Å². The van der Waals surface area contributed by atoms with Crippen molar-refractivity contribution in [2.45, 2.75) is 50.7 Å². The van der Waals surface area contributed by atoms with Gasteiger partial charge in [0, 0.05) is 54.0 Å². The molecule has 0 bridgehead atoms. The summed E-state index contributed by atoms with van der Waals surface area (Å²) >= 11 is 12.2. The van der Waals surface area contributed by atoms with Gasteiger partial charge in [-0.15, -0.1) is 0 Å². The van der Waals surface area contributed by atoms with Gasteiger partial charge in [0.05, 0.1) is 17.7 Å². The molecule has 0 unspecified atom stereocenters. The average Bonchev–Trinajstić information content (AvgIpc) is 3.49. The van der Waals surface area contributed by atoms with Gasteiger partial charge in [0.1, 0.15) is 0 Å². The van der Waals surface area contributed by atoms with Crippen molar-refractivity contribution in [1.29, 1.82) is 5.26 Å². The normalized spacial score (nSPS) is 19.2. The molecule has 0 spiro atoms. The molecule has 3 aromatic rings. The summed E-state index contributed by atoms with van der Waals surface area (Å²) in [5.74, 6) is 0. The lowest BCUT2D eigenvalue weighted by atomic mass is 9.97. The highest BCUT2D eigenvalue weighted by atomic mass is 35.5. The predicted octanol–water partition coefficient (Wildman–Crippen LogP) is 7.34. The number of carbonyl (C=O) groups is 1. The summed E-state index contributed by atoms with van der Waals surface area (Å²) in [6.45, 7) is 5.77. The SMILES string of the molecule is C[C@@H]1CN(C2CCCC2)CCN1[C@H](CNC(=O)Nc1cc(Cl)cc(Cl)c1)c1ccc(-c2cccc(C#N)c2)cc1. The Bertz CT molecular complexity index is 1350. The number of rotatable bonds is 7. The van der Waals surface area contributed by atoms with Crippen molar-refractivity contribution in [2.24, 2.45) is 0 Å². The first kappa shape index (κ1) is 28.4. The molecule has 2 amide bonds. The smallest absolute Gasteiger partial charge is 0.319 e. The molecule has 208 valence electrons. The fraction of sp³-hybridized carbons (Fsp3) is 0.375. The average molecular weight is 577 g/mol. The van der Waals surface area contributed by atoms with Crippen LogP contribution < -0.4 is 10.6 Å². The molecule has 1 aliphatic carbocycles. The van der Waals surface area contributed by atoms with Crippen LogP contribution in [0.5, 0.6) is 0 Å². The van der Waals surface area contributed by atoms with Crippen molar-refractivity contribution in [3.63, 3.8) is 0 Å². The van der Waals surface area contributed by atoms with Crippen molar-refractivity contribution >= 4 is 34.9 Å². The molecule has 1 saturated heterocycles. The number of nitriles is 1. The van der Waals surface area contributed by atoms with Gasteiger partial charge in [-0.3, -0.25) is 9.80 Å². The Labute approximate surface area is 246 Å². The zero-order chi connectivity index (χ0) is 28.1. The molecule has 2 fully saturated rings. The Hall–Kier alpha value is -3.08. The molecule has 6 nitrogen and oxygen atoms in total. The Morgan fingerprint density at radius 1 is 1.00 bits per heavy atom. The first-order chi connectivity index (χ1) is 19.4. The van der Waals surface area contributed by atoms with E-state index < -0.39 is 0 Å². The lowest BCUT2D eigenvalue weighted by molar-refractivity contribution is 0.0289. The van der Waals surface area contributed by atoms with Crippen LogP contribution in [0, 0.1) is 11.3 Å². The summed E-state index contributed by atoms with van der Waals surface area (Å²) in [7, 11) is 0. The molecular formula is C32H35Cl2N5O. The summed E-state index contributed by atoms with van der Waals surface area (Å²) in [5, 5.41) is 16.2. The van der Waals surface area contributed by atoms with Crippen LogP contribution in [0.15, 0.2) is 66.7 Å². The third-order valence-electron chi connectivity index (χ3n) is 8.15. The van der Waals surface area contributed by atoms with E-state index in [9.17, 15) is 10.1 Å². The number of hydrogen-bond donors (Lipinski definition) is 2. The van der Waals surface area contributed by atoms with E-state index in [0.717, 1.165) is 36.3 Å². The molecule has 2 atom stereocenters. The fourth-order valence-electron chi connectivity index (χ4n) is 6.15. The van der Waals surface area contributed by atoms with Crippen molar-refractivity contribution < 1.29 is 4.79 Å². The van der Waals surface area contributed by atoms with Crippen LogP contribution >= 0.6 is 23.2 Å². The van der Waals surface area contributed by atoms with Gasteiger partial charge >= 0.3 is 6.03 Å². The van der Waals surface area contributed by atoms with E-state index in [0.29, 0.717) is 39.9 Å². The number of nitrogens with one attached hydrogen (secondary N) is 2. The highest BCUT2D eigenvalue weighted by Crippen LogP contribution is 2.31. The molecule has 1 saturated carbocycles. The maximum Gasteiger partial charge on any atom is 0.319 e. The van der Waals surface area contributed by atoms with Gasteiger partial charge in [-0.05, 0) is 66.8 Å². The summed E-state index contributed by atoms with van der Waals surface area (Å²) in [6.07, 6.45) is 5.28. The van der Waals surface area contributed by atoms with Crippen LogP contribution in [0.4, 0.5) is 10.5 Å². The van der Waals surface area contributed by atoms with Crippen molar-refractivity contribution in [3.05, 3.63) is 87.9 Å². The molecule has 0 aromatic heterocycles. The molecule has 1 heterocycles. The Morgan fingerprint density at radius 3 is 2.40 bits per heavy atom. The molecule has 3 aromatic carbocycles. The maximum atomic E-state index is 12.9.